The first-order valence-corrected chi connectivity index (χ1v) is 10.8. The third-order valence-electron chi connectivity index (χ3n) is 4.22. The van der Waals surface area contributed by atoms with E-state index in [0.717, 1.165) is 18.1 Å². The third-order valence-corrected chi connectivity index (χ3v) is 6.64. The maximum atomic E-state index is 12.6. The Hall–Kier alpha value is -1.94. The Morgan fingerprint density at radius 3 is 2.78 bits per heavy atom. The number of primary sulfonamides is 1. The van der Waals surface area contributed by atoms with E-state index in [0.29, 0.717) is 13.1 Å². The predicted octanol–water partition coefficient (Wildman–Crippen LogP) is 2.18. The molecular formula is C17H17ClN2O5S2. The number of fused-ring (bicyclic) bond motifs is 1. The topological polar surface area (TPSA) is 107 Å². The Morgan fingerprint density at radius 2 is 2.07 bits per heavy atom. The Balaban J connectivity index is 1.70. The van der Waals surface area contributed by atoms with Gasteiger partial charge in [-0.15, -0.1) is 11.3 Å². The lowest BCUT2D eigenvalue weighted by Gasteiger charge is -2.29. The monoisotopic (exact) mass is 428 g/mol. The molecule has 0 fully saturated rings. The SMILES string of the molecule is CC(OC(=O)c1ccc(Cl)c(S(N)(=O)=O)c1)C(=O)N1CCc2sccc2C1. The average molecular weight is 429 g/mol. The summed E-state index contributed by atoms with van der Waals surface area (Å²) in [6, 6.07) is 5.58. The fourth-order valence-electron chi connectivity index (χ4n) is 2.82. The first-order chi connectivity index (χ1) is 12.7. The molecule has 144 valence electrons. The van der Waals surface area contributed by atoms with Crippen molar-refractivity contribution >= 4 is 44.8 Å². The van der Waals surface area contributed by atoms with Crippen molar-refractivity contribution in [3.8, 4) is 0 Å². The molecule has 1 aromatic carbocycles. The molecule has 3 rings (SSSR count). The second-order valence-electron chi connectivity index (χ2n) is 6.12. The number of carbonyl (C=O) groups is 2. The molecule has 0 radical (unpaired) electrons. The van der Waals surface area contributed by atoms with E-state index in [2.05, 4.69) is 0 Å². The fraction of sp³-hybridized carbons (Fsp3) is 0.294. The molecule has 0 saturated carbocycles. The van der Waals surface area contributed by atoms with Crippen LogP contribution in [0.15, 0.2) is 34.5 Å². The van der Waals surface area contributed by atoms with Crippen molar-refractivity contribution in [3.05, 3.63) is 50.7 Å². The van der Waals surface area contributed by atoms with Gasteiger partial charge in [0.2, 0.25) is 10.0 Å². The van der Waals surface area contributed by atoms with Crippen molar-refractivity contribution in [1.82, 2.24) is 4.90 Å². The number of ether oxygens (including phenoxy) is 1. The first-order valence-electron chi connectivity index (χ1n) is 8.04. The van der Waals surface area contributed by atoms with E-state index in [9.17, 15) is 18.0 Å². The molecule has 1 aliphatic rings. The number of rotatable bonds is 4. The minimum atomic E-state index is -4.09. The van der Waals surface area contributed by atoms with Gasteiger partial charge in [0.1, 0.15) is 4.90 Å². The molecule has 0 spiro atoms. The fourth-order valence-corrected chi connectivity index (χ4v) is 4.78. The minimum Gasteiger partial charge on any atom is -0.449 e. The lowest BCUT2D eigenvalue weighted by Crippen LogP contribution is -2.42. The molecular weight excluding hydrogens is 412 g/mol. The molecule has 10 heteroatoms. The van der Waals surface area contributed by atoms with Gasteiger partial charge in [0, 0.05) is 18.0 Å². The van der Waals surface area contributed by atoms with E-state index < -0.39 is 22.1 Å². The standard InChI is InChI=1S/C17H17ClN2O5S2/c1-10(16(21)20-6-4-14-12(9-20)5-7-26-14)25-17(22)11-2-3-13(18)15(8-11)27(19,23)24/h2-3,5,7-8,10H,4,6,9H2,1H3,(H2,19,23,24). The zero-order valence-electron chi connectivity index (χ0n) is 14.3. The van der Waals surface area contributed by atoms with Crippen molar-refractivity contribution in [2.75, 3.05) is 6.54 Å². The minimum absolute atomic E-state index is 0.0539. The lowest BCUT2D eigenvalue weighted by molar-refractivity contribution is -0.140. The molecule has 1 amide bonds. The number of nitrogens with two attached hydrogens (primary N) is 1. The highest BCUT2D eigenvalue weighted by molar-refractivity contribution is 7.89. The van der Waals surface area contributed by atoms with Gasteiger partial charge in [-0.25, -0.2) is 18.4 Å². The molecule has 1 atom stereocenters. The summed E-state index contributed by atoms with van der Waals surface area (Å²) in [5.41, 5.74) is 1.05. The van der Waals surface area contributed by atoms with Crippen molar-refractivity contribution in [2.24, 2.45) is 5.14 Å². The van der Waals surface area contributed by atoms with Gasteiger partial charge in [0.25, 0.3) is 5.91 Å². The van der Waals surface area contributed by atoms with Gasteiger partial charge < -0.3 is 9.64 Å². The zero-order chi connectivity index (χ0) is 19.8. The first kappa shape index (κ1) is 19.8. The molecule has 27 heavy (non-hydrogen) atoms. The van der Waals surface area contributed by atoms with Gasteiger partial charge in [-0.2, -0.15) is 0 Å². The summed E-state index contributed by atoms with van der Waals surface area (Å²) in [5, 5.41) is 6.97. The van der Waals surface area contributed by atoms with Crippen LogP contribution in [0, 0.1) is 0 Å². The molecule has 2 aromatic rings. The Bertz CT molecular complexity index is 1000. The molecule has 1 unspecified atom stereocenters. The smallest absolute Gasteiger partial charge is 0.338 e. The molecule has 2 heterocycles. The Kier molecular flexibility index (Phi) is 5.57. The average Bonchev–Trinajstić information content (AvgIpc) is 3.07. The van der Waals surface area contributed by atoms with Crippen molar-refractivity contribution in [2.45, 2.75) is 30.9 Å². The quantitative estimate of drug-likeness (QED) is 0.751. The molecule has 2 N–H and O–H groups in total. The Morgan fingerprint density at radius 1 is 1.33 bits per heavy atom. The summed E-state index contributed by atoms with van der Waals surface area (Å²) in [6.45, 7) is 2.53. The van der Waals surface area contributed by atoms with Crippen LogP contribution in [-0.2, 0) is 32.5 Å². The molecule has 0 aliphatic carbocycles. The van der Waals surface area contributed by atoms with Crippen LogP contribution in [0.2, 0.25) is 5.02 Å². The predicted molar refractivity (Wildman–Crippen MR) is 101 cm³/mol. The van der Waals surface area contributed by atoms with Gasteiger partial charge in [-0.3, -0.25) is 4.79 Å². The summed E-state index contributed by atoms with van der Waals surface area (Å²) in [5.74, 6) is -1.13. The number of nitrogens with zero attached hydrogens (tertiary/aromatic N) is 1. The van der Waals surface area contributed by atoms with Gasteiger partial charge in [0.15, 0.2) is 6.10 Å². The van der Waals surface area contributed by atoms with E-state index in [-0.39, 0.29) is 21.4 Å². The second-order valence-corrected chi connectivity index (χ2v) is 9.05. The maximum absolute atomic E-state index is 12.6. The molecule has 1 aliphatic heterocycles. The van der Waals surface area contributed by atoms with Crippen LogP contribution < -0.4 is 5.14 Å². The normalized spacial score (nSPS) is 15.1. The van der Waals surface area contributed by atoms with Crippen LogP contribution in [0.25, 0.3) is 0 Å². The summed E-state index contributed by atoms with van der Waals surface area (Å²) >= 11 is 7.47. The summed E-state index contributed by atoms with van der Waals surface area (Å²) in [4.78, 5) is 27.4. The molecule has 7 nitrogen and oxygen atoms in total. The van der Waals surface area contributed by atoms with Crippen LogP contribution in [0.5, 0.6) is 0 Å². The number of esters is 1. The lowest BCUT2D eigenvalue weighted by atomic mass is 10.1. The van der Waals surface area contributed by atoms with Crippen molar-refractivity contribution in [3.63, 3.8) is 0 Å². The van der Waals surface area contributed by atoms with E-state index in [1.165, 1.54) is 23.9 Å². The van der Waals surface area contributed by atoms with E-state index in [1.54, 1.807) is 16.2 Å². The number of thiophene rings is 1. The second kappa shape index (κ2) is 7.59. The highest BCUT2D eigenvalue weighted by atomic mass is 35.5. The number of hydrogen-bond acceptors (Lipinski definition) is 6. The molecule has 1 aromatic heterocycles. The van der Waals surface area contributed by atoms with E-state index in [4.69, 9.17) is 21.5 Å². The number of amides is 1. The number of benzene rings is 1. The summed E-state index contributed by atoms with van der Waals surface area (Å²) in [6.07, 6.45) is -0.236. The van der Waals surface area contributed by atoms with Crippen molar-refractivity contribution < 1.29 is 22.7 Å². The third kappa shape index (κ3) is 4.32. The van der Waals surface area contributed by atoms with Crippen LogP contribution in [0.1, 0.15) is 27.7 Å². The molecule has 0 saturated heterocycles. The van der Waals surface area contributed by atoms with Crippen molar-refractivity contribution in [1.29, 1.82) is 0 Å². The van der Waals surface area contributed by atoms with E-state index >= 15 is 0 Å². The zero-order valence-corrected chi connectivity index (χ0v) is 16.7. The molecule has 0 bridgehead atoms. The number of carbonyl (C=O) groups excluding carboxylic acids is 2. The maximum Gasteiger partial charge on any atom is 0.338 e. The highest BCUT2D eigenvalue weighted by Gasteiger charge is 2.28. The van der Waals surface area contributed by atoms with Gasteiger partial charge in [0.05, 0.1) is 10.6 Å². The van der Waals surface area contributed by atoms with Crippen LogP contribution in [-0.4, -0.2) is 37.8 Å². The number of hydrogen-bond donors (Lipinski definition) is 1. The van der Waals surface area contributed by atoms with Gasteiger partial charge >= 0.3 is 5.97 Å². The Labute approximate surface area is 165 Å². The van der Waals surface area contributed by atoms with Crippen LogP contribution in [0.4, 0.5) is 0 Å². The van der Waals surface area contributed by atoms with Gasteiger partial charge in [-0.1, -0.05) is 11.6 Å². The van der Waals surface area contributed by atoms with Crippen LogP contribution in [0.3, 0.4) is 0 Å². The number of sulfonamides is 1. The number of halogens is 1. The van der Waals surface area contributed by atoms with Gasteiger partial charge in [-0.05, 0) is 48.6 Å². The van der Waals surface area contributed by atoms with E-state index in [1.807, 2.05) is 11.4 Å². The largest absolute Gasteiger partial charge is 0.449 e. The van der Waals surface area contributed by atoms with Crippen LogP contribution >= 0.6 is 22.9 Å². The highest BCUT2D eigenvalue weighted by Crippen LogP contribution is 2.25. The summed E-state index contributed by atoms with van der Waals surface area (Å²) < 4.78 is 28.3. The summed E-state index contributed by atoms with van der Waals surface area (Å²) in [7, 11) is -4.09.